The first-order chi connectivity index (χ1) is 18.1. The van der Waals surface area contributed by atoms with E-state index in [-0.39, 0.29) is 5.41 Å². The summed E-state index contributed by atoms with van der Waals surface area (Å²) in [5, 5.41) is 11.8. The molecular weight excluding hydrogens is 452 g/mol. The number of hydrogen-bond acceptors (Lipinski definition) is 3. The summed E-state index contributed by atoms with van der Waals surface area (Å²) in [5.41, 5.74) is 9.94. The van der Waals surface area contributed by atoms with Crippen LogP contribution < -0.4 is 4.90 Å². The van der Waals surface area contributed by atoms with Crippen molar-refractivity contribution in [2.24, 2.45) is 0 Å². The Morgan fingerprint density at radius 1 is 0.757 bits per heavy atom. The van der Waals surface area contributed by atoms with Gasteiger partial charge in [0.25, 0.3) is 0 Å². The molecule has 1 aliphatic heterocycles. The number of hydrogen-bond donors (Lipinski definition) is 0. The second-order valence-corrected chi connectivity index (χ2v) is 10.1. The molecule has 7 rings (SSSR count). The molecule has 6 aromatic rings. The van der Waals surface area contributed by atoms with Crippen LogP contribution in [0.4, 0.5) is 17.1 Å². The molecule has 176 valence electrons. The number of aromatic nitrogens is 2. The van der Waals surface area contributed by atoms with E-state index in [2.05, 4.69) is 101 Å². The molecule has 0 N–H and O–H groups in total. The summed E-state index contributed by atoms with van der Waals surface area (Å²) < 4.78 is 2.43. The molecule has 0 saturated heterocycles. The first-order valence-corrected chi connectivity index (χ1v) is 12.5. The minimum absolute atomic E-state index is 0.0897. The van der Waals surface area contributed by atoms with Crippen LogP contribution in [0.1, 0.15) is 30.5 Å². The van der Waals surface area contributed by atoms with Gasteiger partial charge in [-0.2, -0.15) is 5.26 Å². The predicted molar refractivity (Wildman–Crippen MR) is 150 cm³/mol. The quantitative estimate of drug-likeness (QED) is 0.259. The van der Waals surface area contributed by atoms with Crippen LogP contribution in [0.3, 0.4) is 0 Å². The lowest BCUT2D eigenvalue weighted by molar-refractivity contribution is 0.630. The van der Waals surface area contributed by atoms with Crippen LogP contribution in [0.25, 0.3) is 27.5 Å². The molecule has 0 saturated carbocycles. The van der Waals surface area contributed by atoms with E-state index in [0.717, 1.165) is 17.1 Å². The van der Waals surface area contributed by atoms with Gasteiger partial charge in [0, 0.05) is 33.8 Å². The van der Waals surface area contributed by atoms with Crippen molar-refractivity contribution >= 4 is 38.9 Å². The van der Waals surface area contributed by atoms with Gasteiger partial charge in [-0.3, -0.25) is 4.98 Å². The number of benzene rings is 4. The number of pyridine rings is 1. The molecule has 1 aliphatic rings. The number of rotatable bonds is 3. The van der Waals surface area contributed by atoms with Crippen LogP contribution in [0, 0.1) is 11.3 Å². The molecule has 0 spiro atoms. The maximum absolute atomic E-state index is 9.30. The molecule has 2 aromatic heterocycles. The minimum Gasteiger partial charge on any atom is -0.309 e. The van der Waals surface area contributed by atoms with Gasteiger partial charge < -0.3 is 9.47 Å². The monoisotopic (exact) mass is 476 g/mol. The highest BCUT2D eigenvalue weighted by Crippen LogP contribution is 2.48. The van der Waals surface area contributed by atoms with E-state index in [9.17, 15) is 5.26 Å². The van der Waals surface area contributed by atoms with E-state index in [1.54, 1.807) is 6.20 Å². The van der Waals surface area contributed by atoms with Crippen molar-refractivity contribution in [3.63, 3.8) is 0 Å². The standard InChI is InChI=1S/C33H24N4/c1-33(2)28-9-3-4-11-31(28)37-30-17-16-24(19-27(30)26-8-5-10-29(33)32(26)37)36(25-7-6-18-35-21-25)23-14-12-22(20-34)13-15-23/h3-19,21H,1-2H3. The van der Waals surface area contributed by atoms with Crippen molar-refractivity contribution in [2.45, 2.75) is 19.3 Å². The van der Waals surface area contributed by atoms with Gasteiger partial charge in [0.2, 0.25) is 0 Å². The average Bonchev–Trinajstić information content (AvgIpc) is 3.27. The maximum atomic E-state index is 9.30. The SMILES string of the molecule is CC1(C)c2ccccc2-n2c3ccc(N(c4ccc(C#N)cc4)c4cccnc4)cc3c3cccc1c32. The van der Waals surface area contributed by atoms with E-state index in [1.807, 2.05) is 36.5 Å². The van der Waals surface area contributed by atoms with Crippen molar-refractivity contribution in [1.29, 1.82) is 5.26 Å². The van der Waals surface area contributed by atoms with E-state index in [0.29, 0.717) is 5.56 Å². The Morgan fingerprint density at radius 2 is 1.54 bits per heavy atom. The van der Waals surface area contributed by atoms with Gasteiger partial charge in [0.1, 0.15) is 0 Å². The van der Waals surface area contributed by atoms with Crippen LogP contribution >= 0.6 is 0 Å². The molecule has 0 fully saturated rings. The molecule has 0 unspecified atom stereocenters. The molecule has 0 bridgehead atoms. The van der Waals surface area contributed by atoms with Crippen LogP contribution in [-0.4, -0.2) is 9.55 Å². The summed E-state index contributed by atoms with van der Waals surface area (Å²) in [6, 6.07) is 36.1. The molecule has 0 aliphatic carbocycles. The molecule has 4 aromatic carbocycles. The molecule has 37 heavy (non-hydrogen) atoms. The highest BCUT2D eigenvalue weighted by atomic mass is 15.1. The third-order valence-corrected chi connectivity index (χ3v) is 7.68. The van der Waals surface area contributed by atoms with E-state index in [4.69, 9.17) is 0 Å². The van der Waals surface area contributed by atoms with Crippen molar-refractivity contribution in [3.8, 4) is 11.8 Å². The van der Waals surface area contributed by atoms with Crippen LogP contribution in [-0.2, 0) is 5.41 Å². The normalized spacial score (nSPS) is 13.3. The summed E-state index contributed by atoms with van der Waals surface area (Å²) >= 11 is 0. The lowest BCUT2D eigenvalue weighted by Crippen LogP contribution is -2.26. The van der Waals surface area contributed by atoms with Gasteiger partial charge in [0.15, 0.2) is 0 Å². The van der Waals surface area contributed by atoms with E-state index < -0.39 is 0 Å². The van der Waals surface area contributed by atoms with Crippen LogP contribution in [0.15, 0.2) is 109 Å². The number of anilines is 3. The largest absolute Gasteiger partial charge is 0.309 e. The maximum Gasteiger partial charge on any atom is 0.0991 e. The number of fused-ring (bicyclic) bond motifs is 5. The zero-order valence-corrected chi connectivity index (χ0v) is 20.7. The topological polar surface area (TPSA) is 44.9 Å². The molecule has 0 radical (unpaired) electrons. The number of para-hydroxylation sites is 2. The smallest absolute Gasteiger partial charge is 0.0991 e. The number of nitrogens with zero attached hydrogens (tertiary/aromatic N) is 4. The fourth-order valence-corrected chi connectivity index (χ4v) is 5.91. The fraction of sp³-hybridized carbons (Fsp3) is 0.0909. The van der Waals surface area contributed by atoms with Crippen LogP contribution in [0.5, 0.6) is 0 Å². The number of nitriles is 1. The summed E-state index contributed by atoms with van der Waals surface area (Å²) in [4.78, 5) is 6.58. The zero-order chi connectivity index (χ0) is 25.1. The van der Waals surface area contributed by atoms with Crippen molar-refractivity contribution in [3.05, 3.63) is 126 Å². The Kier molecular flexibility index (Phi) is 4.52. The van der Waals surface area contributed by atoms with Crippen LogP contribution in [0.2, 0.25) is 0 Å². The predicted octanol–water partition coefficient (Wildman–Crippen LogP) is 8.16. The minimum atomic E-state index is -0.0897. The second-order valence-electron chi connectivity index (χ2n) is 10.1. The van der Waals surface area contributed by atoms with Gasteiger partial charge in [-0.05, 0) is 71.8 Å². The molecule has 0 amide bonds. The summed E-state index contributed by atoms with van der Waals surface area (Å²) in [6.07, 6.45) is 3.66. The Bertz CT molecular complexity index is 1860. The van der Waals surface area contributed by atoms with Gasteiger partial charge in [-0.15, -0.1) is 0 Å². The molecule has 3 heterocycles. The summed E-state index contributed by atoms with van der Waals surface area (Å²) in [5.74, 6) is 0. The lowest BCUT2D eigenvalue weighted by atomic mass is 9.75. The highest BCUT2D eigenvalue weighted by molar-refractivity contribution is 6.12. The Labute approximate surface area is 215 Å². The lowest BCUT2D eigenvalue weighted by Gasteiger charge is -2.34. The van der Waals surface area contributed by atoms with Gasteiger partial charge in [-0.25, -0.2) is 0 Å². The van der Waals surface area contributed by atoms with Gasteiger partial charge in [-0.1, -0.05) is 50.2 Å². The third-order valence-electron chi connectivity index (χ3n) is 7.68. The van der Waals surface area contributed by atoms with Gasteiger partial charge in [0.05, 0.1) is 40.2 Å². The second kappa shape index (κ2) is 7.81. The Hall–Kier alpha value is -4.88. The first-order valence-electron chi connectivity index (χ1n) is 12.5. The Balaban J connectivity index is 1.52. The average molecular weight is 477 g/mol. The first kappa shape index (κ1) is 21.4. The molecule has 4 heteroatoms. The van der Waals surface area contributed by atoms with Gasteiger partial charge >= 0.3 is 0 Å². The third kappa shape index (κ3) is 3.04. The van der Waals surface area contributed by atoms with Crippen molar-refractivity contribution in [2.75, 3.05) is 4.90 Å². The molecule has 0 atom stereocenters. The van der Waals surface area contributed by atoms with Crippen molar-refractivity contribution < 1.29 is 0 Å². The fourth-order valence-electron chi connectivity index (χ4n) is 5.91. The van der Waals surface area contributed by atoms with Crippen molar-refractivity contribution in [1.82, 2.24) is 9.55 Å². The van der Waals surface area contributed by atoms with E-state index >= 15 is 0 Å². The summed E-state index contributed by atoms with van der Waals surface area (Å²) in [6.45, 7) is 4.64. The molecule has 4 nitrogen and oxygen atoms in total. The highest BCUT2D eigenvalue weighted by Gasteiger charge is 2.34. The zero-order valence-electron chi connectivity index (χ0n) is 20.7. The Morgan fingerprint density at radius 3 is 2.32 bits per heavy atom. The molecular formula is C33H24N4. The summed E-state index contributed by atoms with van der Waals surface area (Å²) in [7, 11) is 0. The van der Waals surface area contributed by atoms with E-state index in [1.165, 1.54) is 38.6 Å².